The highest BCUT2D eigenvalue weighted by Gasteiger charge is 2.09. The van der Waals surface area contributed by atoms with Crippen LogP contribution < -0.4 is 10.1 Å². The first-order valence-corrected chi connectivity index (χ1v) is 5.83. The van der Waals surface area contributed by atoms with E-state index in [9.17, 15) is 9.90 Å². The highest BCUT2D eigenvalue weighted by Crippen LogP contribution is 2.26. The average Bonchev–Trinajstić information content (AvgIpc) is 2.92. The number of carbonyl (C=O) groups is 1. The monoisotopic (exact) mass is 261 g/mol. The zero-order valence-corrected chi connectivity index (χ0v) is 10.5. The second-order valence-electron chi connectivity index (χ2n) is 3.91. The number of rotatable bonds is 5. The van der Waals surface area contributed by atoms with E-state index in [0.29, 0.717) is 18.7 Å². The number of hydrogen-bond donors (Lipinski definition) is 2. The van der Waals surface area contributed by atoms with Crippen molar-refractivity contribution in [2.75, 3.05) is 13.7 Å². The second-order valence-corrected chi connectivity index (χ2v) is 3.91. The van der Waals surface area contributed by atoms with Crippen molar-refractivity contribution >= 4 is 5.91 Å². The Morgan fingerprint density at radius 1 is 1.53 bits per heavy atom. The van der Waals surface area contributed by atoms with Gasteiger partial charge >= 0.3 is 0 Å². The summed E-state index contributed by atoms with van der Waals surface area (Å²) in [5.41, 5.74) is 0.440. The Bertz CT molecular complexity index is 552. The molecule has 19 heavy (non-hydrogen) atoms. The Labute approximate surface area is 110 Å². The Hall–Kier alpha value is -2.50. The molecular formula is C13H15N3O3. The van der Waals surface area contributed by atoms with Crippen LogP contribution in [0.3, 0.4) is 0 Å². The number of aromatic nitrogens is 2. The zero-order valence-electron chi connectivity index (χ0n) is 10.5. The fourth-order valence-electron chi connectivity index (χ4n) is 1.64. The van der Waals surface area contributed by atoms with Crippen molar-refractivity contribution in [3.05, 3.63) is 42.2 Å². The summed E-state index contributed by atoms with van der Waals surface area (Å²) in [7, 11) is 1.44. The molecule has 2 N–H and O–H groups in total. The molecule has 100 valence electrons. The van der Waals surface area contributed by atoms with Gasteiger partial charge in [-0.2, -0.15) is 5.10 Å². The first kappa shape index (κ1) is 12.9. The van der Waals surface area contributed by atoms with E-state index >= 15 is 0 Å². The Morgan fingerprint density at radius 2 is 2.37 bits per heavy atom. The lowest BCUT2D eigenvalue weighted by atomic mass is 10.2. The van der Waals surface area contributed by atoms with Gasteiger partial charge < -0.3 is 15.2 Å². The van der Waals surface area contributed by atoms with Gasteiger partial charge in [0.25, 0.3) is 5.91 Å². The predicted molar refractivity (Wildman–Crippen MR) is 69.2 cm³/mol. The predicted octanol–water partition coefficient (Wildman–Crippen LogP) is 1.03. The highest BCUT2D eigenvalue weighted by atomic mass is 16.5. The van der Waals surface area contributed by atoms with E-state index < -0.39 is 0 Å². The molecule has 0 spiro atoms. The van der Waals surface area contributed by atoms with E-state index in [-0.39, 0.29) is 17.4 Å². The summed E-state index contributed by atoms with van der Waals surface area (Å²) in [4.78, 5) is 11.9. The van der Waals surface area contributed by atoms with Crippen LogP contribution in [0, 0.1) is 0 Å². The average molecular weight is 261 g/mol. The Kier molecular flexibility index (Phi) is 4.02. The summed E-state index contributed by atoms with van der Waals surface area (Å²) in [5.74, 6) is 0.0702. The van der Waals surface area contributed by atoms with Gasteiger partial charge in [-0.1, -0.05) is 0 Å². The minimum atomic E-state index is -0.217. The fourth-order valence-corrected chi connectivity index (χ4v) is 1.64. The third-order valence-corrected chi connectivity index (χ3v) is 2.63. The maximum absolute atomic E-state index is 11.9. The van der Waals surface area contributed by atoms with Crippen molar-refractivity contribution in [1.29, 1.82) is 0 Å². The summed E-state index contributed by atoms with van der Waals surface area (Å²) in [6, 6.07) is 6.30. The standard InChI is InChI=1S/C13H15N3O3/c1-19-12-9-10(3-4-11(12)17)13(18)14-6-8-16-7-2-5-15-16/h2-5,7,9,17H,6,8H2,1H3,(H,14,18). The van der Waals surface area contributed by atoms with Crippen molar-refractivity contribution in [2.24, 2.45) is 0 Å². The maximum atomic E-state index is 11.9. The van der Waals surface area contributed by atoms with Crippen LogP contribution in [0.2, 0.25) is 0 Å². The van der Waals surface area contributed by atoms with Crippen LogP contribution in [-0.4, -0.2) is 34.4 Å². The van der Waals surface area contributed by atoms with Gasteiger partial charge in [0.05, 0.1) is 13.7 Å². The number of phenolic OH excluding ortho intramolecular Hbond substituents is 1. The molecular weight excluding hydrogens is 246 g/mol. The molecule has 0 bridgehead atoms. The van der Waals surface area contributed by atoms with E-state index in [0.717, 1.165) is 0 Å². The molecule has 1 amide bonds. The SMILES string of the molecule is COc1cc(C(=O)NCCn2cccn2)ccc1O. The summed E-state index contributed by atoms with van der Waals surface area (Å²) in [5, 5.41) is 16.3. The molecule has 0 radical (unpaired) electrons. The summed E-state index contributed by atoms with van der Waals surface area (Å²) in [6.45, 7) is 1.08. The number of nitrogens with one attached hydrogen (secondary N) is 1. The third kappa shape index (κ3) is 3.25. The minimum absolute atomic E-state index is 0.00981. The Morgan fingerprint density at radius 3 is 3.05 bits per heavy atom. The molecule has 0 unspecified atom stereocenters. The molecule has 0 aliphatic rings. The van der Waals surface area contributed by atoms with Crippen molar-refractivity contribution in [1.82, 2.24) is 15.1 Å². The van der Waals surface area contributed by atoms with Crippen molar-refractivity contribution in [3.8, 4) is 11.5 Å². The lowest BCUT2D eigenvalue weighted by Gasteiger charge is -2.08. The number of aromatic hydroxyl groups is 1. The van der Waals surface area contributed by atoms with Crippen LogP contribution in [0.1, 0.15) is 10.4 Å². The van der Waals surface area contributed by atoms with Crippen LogP contribution in [0.5, 0.6) is 11.5 Å². The normalized spacial score (nSPS) is 10.2. The molecule has 2 rings (SSSR count). The molecule has 1 aromatic carbocycles. The summed E-state index contributed by atoms with van der Waals surface area (Å²) >= 11 is 0. The van der Waals surface area contributed by atoms with Crippen LogP contribution in [-0.2, 0) is 6.54 Å². The van der Waals surface area contributed by atoms with Gasteiger partial charge in [0.15, 0.2) is 11.5 Å². The number of methoxy groups -OCH3 is 1. The van der Waals surface area contributed by atoms with Crippen LogP contribution >= 0.6 is 0 Å². The van der Waals surface area contributed by atoms with Crippen LogP contribution in [0.15, 0.2) is 36.7 Å². The molecule has 1 heterocycles. The van der Waals surface area contributed by atoms with E-state index in [2.05, 4.69) is 10.4 Å². The molecule has 6 nitrogen and oxygen atoms in total. The molecule has 0 aliphatic heterocycles. The van der Waals surface area contributed by atoms with Gasteiger partial charge in [0, 0.05) is 24.5 Å². The van der Waals surface area contributed by atoms with Gasteiger partial charge in [0.1, 0.15) is 0 Å². The van der Waals surface area contributed by atoms with E-state index in [1.807, 2.05) is 12.3 Å². The Balaban J connectivity index is 1.92. The van der Waals surface area contributed by atoms with Gasteiger partial charge in [-0.15, -0.1) is 0 Å². The van der Waals surface area contributed by atoms with Gasteiger partial charge in [-0.3, -0.25) is 9.48 Å². The summed E-state index contributed by atoms with van der Waals surface area (Å²) in [6.07, 6.45) is 3.52. The number of nitrogens with zero attached hydrogens (tertiary/aromatic N) is 2. The summed E-state index contributed by atoms with van der Waals surface area (Å²) < 4.78 is 6.69. The number of amides is 1. The van der Waals surface area contributed by atoms with Gasteiger partial charge in [-0.25, -0.2) is 0 Å². The van der Waals surface area contributed by atoms with Crippen LogP contribution in [0.25, 0.3) is 0 Å². The van der Waals surface area contributed by atoms with E-state index in [4.69, 9.17) is 4.74 Å². The molecule has 0 atom stereocenters. The minimum Gasteiger partial charge on any atom is -0.504 e. The first-order valence-electron chi connectivity index (χ1n) is 5.83. The number of ether oxygens (including phenoxy) is 1. The number of benzene rings is 1. The molecule has 6 heteroatoms. The van der Waals surface area contributed by atoms with E-state index in [1.54, 1.807) is 16.9 Å². The third-order valence-electron chi connectivity index (χ3n) is 2.63. The molecule has 0 saturated heterocycles. The molecule has 0 saturated carbocycles. The molecule has 0 aliphatic carbocycles. The lowest BCUT2D eigenvalue weighted by molar-refractivity contribution is 0.0951. The van der Waals surface area contributed by atoms with Gasteiger partial charge in [-0.05, 0) is 24.3 Å². The van der Waals surface area contributed by atoms with Crippen molar-refractivity contribution in [3.63, 3.8) is 0 Å². The second kappa shape index (κ2) is 5.90. The fraction of sp³-hybridized carbons (Fsp3) is 0.231. The van der Waals surface area contributed by atoms with E-state index in [1.165, 1.54) is 19.2 Å². The lowest BCUT2D eigenvalue weighted by Crippen LogP contribution is -2.27. The largest absolute Gasteiger partial charge is 0.504 e. The van der Waals surface area contributed by atoms with Crippen molar-refractivity contribution in [2.45, 2.75) is 6.54 Å². The first-order chi connectivity index (χ1) is 9.20. The number of phenols is 1. The zero-order chi connectivity index (χ0) is 13.7. The molecule has 0 fully saturated rings. The molecule has 2 aromatic rings. The quantitative estimate of drug-likeness (QED) is 0.842. The smallest absolute Gasteiger partial charge is 0.251 e. The van der Waals surface area contributed by atoms with Crippen molar-refractivity contribution < 1.29 is 14.6 Å². The number of carbonyl (C=O) groups excluding carboxylic acids is 1. The number of hydrogen-bond acceptors (Lipinski definition) is 4. The maximum Gasteiger partial charge on any atom is 0.251 e. The highest BCUT2D eigenvalue weighted by molar-refractivity contribution is 5.94. The molecule has 1 aromatic heterocycles. The van der Waals surface area contributed by atoms with Crippen LogP contribution in [0.4, 0.5) is 0 Å². The van der Waals surface area contributed by atoms with Gasteiger partial charge in [0.2, 0.25) is 0 Å². The topological polar surface area (TPSA) is 76.4 Å².